The minimum absolute atomic E-state index is 0.140. The average Bonchev–Trinajstić information content (AvgIpc) is 2.12. The van der Waals surface area contributed by atoms with Crippen LogP contribution in [0.4, 0.5) is 0 Å². The second-order valence-corrected chi connectivity index (χ2v) is 7.05. The highest BCUT2D eigenvalue weighted by molar-refractivity contribution is 7.89. The number of hydrogen-bond donors (Lipinski definition) is 3. The van der Waals surface area contributed by atoms with Gasteiger partial charge in [-0.15, -0.1) is 0 Å². The van der Waals surface area contributed by atoms with Crippen LogP contribution in [0.3, 0.4) is 0 Å². The lowest BCUT2D eigenvalue weighted by Crippen LogP contribution is -2.12. The maximum Gasteiger partial charge on any atom is 0.313 e. The Morgan fingerprint density at radius 1 is 0.833 bits per heavy atom. The van der Waals surface area contributed by atoms with Gasteiger partial charge in [0.1, 0.15) is 9.79 Å². The lowest BCUT2D eigenvalue weighted by molar-refractivity contribution is 0.459. The fourth-order valence-corrected chi connectivity index (χ4v) is 3.14. The zero-order valence-corrected chi connectivity index (χ0v) is 10.6. The van der Waals surface area contributed by atoms with Crippen LogP contribution in [-0.4, -0.2) is 43.9 Å². The van der Waals surface area contributed by atoms with Crippen molar-refractivity contribution in [2.45, 2.75) is 14.8 Å². The van der Waals surface area contributed by atoms with E-state index in [0.717, 1.165) is 0 Å². The van der Waals surface area contributed by atoms with E-state index in [9.17, 15) is 25.3 Å². The Morgan fingerprint density at radius 2 is 1.33 bits per heavy atom. The fourth-order valence-electron chi connectivity index (χ4n) is 0.934. The Hall–Kier alpha value is -1.12. The number of hydrogen-bond acceptors (Lipinski definition) is 7. The molecule has 102 valence electrons. The number of rotatable bonds is 3. The standard InChI is InChI=1S/C5H5NO9S3/c7-16(8,9)3-1-4(17(10,11)12)5(6-2-3)18(13,14)15/h1-2H,(H,7,8,9)(H,10,11,12)(H,13,14,15). The summed E-state index contributed by atoms with van der Waals surface area (Å²) in [6, 6.07) is 0.140. The van der Waals surface area contributed by atoms with Gasteiger partial charge in [0.05, 0.1) is 0 Å². The van der Waals surface area contributed by atoms with E-state index in [0.29, 0.717) is 6.20 Å². The van der Waals surface area contributed by atoms with Crippen LogP contribution in [0, 0.1) is 0 Å². The number of pyridine rings is 1. The van der Waals surface area contributed by atoms with E-state index < -0.39 is 45.2 Å². The van der Waals surface area contributed by atoms with E-state index in [1.807, 2.05) is 0 Å². The molecule has 10 nitrogen and oxygen atoms in total. The molecule has 0 saturated heterocycles. The Morgan fingerprint density at radius 3 is 1.67 bits per heavy atom. The molecule has 0 fully saturated rings. The highest BCUT2D eigenvalue weighted by atomic mass is 32.2. The van der Waals surface area contributed by atoms with Crippen molar-refractivity contribution >= 4 is 30.4 Å². The van der Waals surface area contributed by atoms with Gasteiger partial charge in [-0.3, -0.25) is 13.7 Å². The van der Waals surface area contributed by atoms with E-state index in [1.54, 1.807) is 0 Å². The molecule has 0 radical (unpaired) electrons. The van der Waals surface area contributed by atoms with Crippen LogP contribution < -0.4 is 0 Å². The van der Waals surface area contributed by atoms with Gasteiger partial charge in [-0.05, 0) is 6.07 Å². The van der Waals surface area contributed by atoms with Gasteiger partial charge in [-0.25, -0.2) is 4.98 Å². The largest absolute Gasteiger partial charge is 0.313 e. The predicted octanol–water partition coefficient (Wildman–Crippen LogP) is -1.18. The summed E-state index contributed by atoms with van der Waals surface area (Å²) in [5.41, 5.74) is 0. The normalized spacial score (nSPS) is 13.5. The van der Waals surface area contributed by atoms with Crippen molar-refractivity contribution < 1.29 is 38.9 Å². The van der Waals surface area contributed by atoms with Gasteiger partial charge in [0, 0.05) is 6.20 Å². The highest BCUT2D eigenvalue weighted by Gasteiger charge is 2.28. The molecule has 0 aliphatic heterocycles. The third kappa shape index (κ3) is 3.21. The Labute approximate surface area is 102 Å². The number of nitrogens with zero attached hydrogens (tertiary/aromatic N) is 1. The summed E-state index contributed by atoms with van der Waals surface area (Å²) in [6.07, 6.45) is 0.299. The molecule has 18 heavy (non-hydrogen) atoms. The molecule has 0 saturated carbocycles. The SMILES string of the molecule is O=S(=O)(O)c1cnc(S(=O)(=O)O)c(S(=O)(=O)O)c1. The van der Waals surface area contributed by atoms with Crippen molar-refractivity contribution in [3.8, 4) is 0 Å². The summed E-state index contributed by atoms with van der Waals surface area (Å²) in [6.45, 7) is 0. The minimum atomic E-state index is -5.18. The zero-order valence-electron chi connectivity index (χ0n) is 8.12. The molecule has 0 atom stereocenters. The Balaban J connectivity index is 3.83. The summed E-state index contributed by atoms with van der Waals surface area (Å²) >= 11 is 0. The van der Waals surface area contributed by atoms with Crippen LogP contribution in [0.25, 0.3) is 0 Å². The first-order valence-corrected chi connectivity index (χ1v) is 8.08. The van der Waals surface area contributed by atoms with Crippen LogP contribution in [0.1, 0.15) is 0 Å². The summed E-state index contributed by atoms with van der Waals surface area (Å²) in [7, 11) is -15.1. The molecule has 1 aromatic heterocycles. The molecular weight excluding hydrogens is 314 g/mol. The Bertz CT molecular complexity index is 789. The predicted molar refractivity (Wildman–Crippen MR) is 53.7 cm³/mol. The quantitative estimate of drug-likeness (QED) is 0.574. The Kier molecular flexibility index (Phi) is 3.50. The molecule has 0 unspecified atom stereocenters. The number of aromatic nitrogens is 1. The zero-order chi connectivity index (χ0) is 14.4. The van der Waals surface area contributed by atoms with Crippen molar-refractivity contribution in [1.82, 2.24) is 4.98 Å². The van der Waals surface area contributed by atoms with E-state index >= 15 is 0 Å². The van der Waals surface area contributed by atoms with Gasteiger partial charge < -0.3 is 0 Å². The first-order chi connectivity index (χ1) is 7.83. The third-order valence-electron chi connectivity index (χ3n) is 1.61. The monoisotopic (exact) mass is 319 g/mol. The summed E-state index contributed by atoms with van der Waals surface area (Å²) in [5.74, 6) is 0. The molecule has 1 heterocycles. The summed E-state index contributed by atoms with van der Waals surface area (Å²) < 4.78 is 90.6. The van der Waals surface area contributed by atoms with E-state index in [2.05, 4.69) is 4.98 Å². The van der Waals surface area contributed by atoms with Crippen molar-refractivity contribution in [1.29, 1.82) is 0 Å². The molecule has 0 aromatic carbocycles. The molecular formula is C5H5NO9S3. The molecule has 0 amide bonds. The van der Waals surface area contributed by atoms with Crippen LogP contribution in [0.2, 0.25) is 0 Å². The van der Waals surface area contributed by atoms with E-state index in [4.69, 9.17) is 13.7 Å². The van der Waals surface area contributed by atoms with E-state index in [1.165, 1.54) is 0 Å². The van der Waals surface area contributed by atoms with Crippen molar-refractivity contribution in [3.63, 3.8) is 0 Å². The smallest absolute Gasteiger partial charge is 0.282 e. The third-order valence-corrected chi connectivity index (χ3v) is 4.24. The second kappa shape index (κ2) is 4.22. The first-order valence-electron chi connectivity index (χ1n) is 3.76. The van der Waals surface area contributed by atoms with Gasteiger partial charge in [0.25, 0.3) is 20.2 Å². The van der Waals surface area contributed by atoms with Gasteiger partial charge in [-0.2, -0.15) is 25.3 Å². The summed E-state index contributed by atoms with van der Waals surface area (Å²) in [4.78, 5) is 0.327. The van der Waals surface area contributed by atoms with Crippen LogP contribution in [0.15, 0.2) is 27.1 Å². The second-order valence-electron chi connectivity index (χ2n) is 2.90. The molecule has 0 bridgehead atoms. The van der Waals surface area contributed by atoms with E-state index in [-0.39, 0.29) is 6.07 Å². The maximum absolute atomic E-state index is 10.8. The summed E-state index contributed by atoms with van der Waals surface area (Å²) in [5, 5.41) is -1.46. The maximum atomic E-state index is 10.8. The van der Waals surface area contributed by atoms with Crippen molar-refractivity contribution in [3.05, 3.63) is 12.3 Å². The van der Waals surface area contributed by atoms with Gasteiger partial charge in [0.15, 0.2) is 0 Å². The molecule has 3 N–H and O–H groups in total. The first kappa shape index (κ1) is 14.9. The molecule has 1 aromatic rings. The van der Waals surface area contributed by atoms with Gasteiger partial charge in [0.2, 0.25) is 5.03 Å². The molecule has 13 heteroatoms. The molecule has 1 rings (SSSR count). The molecule has 0 aliphatic rings. The molecule has 0 spiro atoms. The average molecular weight is 319 g/mol. The topological polar surface area (TPSA) is 176 Å². The molecule has 0 aliphatic carbocycles. The van der Waals surface area contributed by atoms with Crippen LogP contribution in [0.5, 0.6) is 0 Å². The lowest BCUT2D eigenvalue weighted by Gasteiger charge is -2.04. The van der Waals surface area contributed by atoms with Gasteiger partial charge >= 0.3 is 10.1 Å². The van der Waals surface area contributed by atoms with Crippen LogP contribution in [-0.2, 0) is 30.4 Å². The van der Waals surface area contributed by atoms with Crippen LogP contribution >= 0.6 is 0 Å². The lowest BCUT2D eigenvalue weighted by atomic mass is 10.5. The highest BCUT2D eigenvalue weighted by Crippen LogP contribution is 2.21. The van der Waals surface area contributed by atoms with Crippen molar-refractivity contribution in [2.24, 2.45) is 0 Å². The fraction of sp³-hybridized carbons (Fsp3) is 0. The van der Waals surface area contributed by atoms with Gasteiger partial charge in [-0.1, -0.05) is 0 Å². The minimum Gasteiger partial charge on any atom is -0.282 e. The van der Waals surface area contributed by atoms with Crippen molar-refractivity contribution in [2.75, 3.05) is 0 Å².